The van der Waals surface area contributed by atoms with Crippen LogP contribution in [0.3, 0.4) is 0 Å². The number of ether oxygens (including phenoxy) is 1. The van der Waals surface area contributed by atoms with Crippen LogP contribution in [0.4, 0.5) is 0 Å². The minimum absolute atomic E-state index is 0.220. The van der Waals surface area contributed by atoms with Gasteiger partial charge in [-0.1, -0.05) is 6.07 Å². The molecule has 0 bridgehead atoms. The van der Waals surface area contributed by atoms with Gasteiger partial charge in [0.25, 0.3) is 0 Å². The third-order valence-electron chi connectivity index (χ3n) is 3.12. The molecule has 1 heterocycles. The second-order valence-corrected chi connectivity index (χ2v) is 7.44. The first-order chi connectivity index (χ1) is 8.86. The minimum atomic E-state index is -3.58. The fourth-order valence-electron chi connectivity index (χ4n) is 2.02. The number of hydrogen-bond acceptors (Lipinski definition) is 4. The van der Waals surface area contributed by atoms with E-state index < -0.39 is 15.6 Å². The van der Waals surface area contributed by atoms with Crippen molar-refractivity contribution in [2.45, 2.75) is 30.3 Å². The summed E-state index contributed by atoms with van der Waals surface area (Å²) in [5.74, 6) is 0. The van der Waals surface area contributed by atoms with Crippen LogP contribution in [0, 0.1) is 0 Å². The summed E-state index contributed by atoms with van der Waals surface area (Å²) in [6, 6.07) is 5.00. The zero-order valence-corrected chi connectivity index (χ0v) is 13.1. The summed E-state index contributed by atoms with van der Waals surface area (Å²) >= 11 is 3.28. The molecule has 1 aliphatic rings. The van der Waals surface area contributed by atoms with Gasteiger partial charge in [-0.15, -0.1) is 0 Å². The average Bonchev–Trinajstić information content (AvgIpc) is 2.74. The van der Waals surface area contributed by atoms with Crippen LogP contribution in [0.1, 0.15) is 18.9 Å². The monoisotopic (exact) mass is 348 g/mol. The van der Waals surface area contributed by atoms with Crippen molar-refractivity contribution in [1.29, 1.82) is 0 Å². The maximum Gasteiger partial charge on any atom is 0.242 e. The van der Waals surface area contributed by atoms with Gasteiger partial charge in [0.15, 0.2) is 0 Å². The first-order valence-electron chi connectivity index (χ1n) is 5.96. The lowest BCUT2D eigenvalue weighted by atomic mass is 10.0. The molecule has 1 fully saturated rings. The topological polar surface area (TPSA) is 81.4 Å². The zero-order valence-electron chi connectivity index (χ0n) is 10.6. The van der Waals surface area contributed by atoms with Crippen LogP contribution >= 0.6 is 15.9 Å². The molecule has 0 radical (unpaired) electrons. The van der Waals surface area contributed by atoms with E-state index in [0.29, 0.717) is 30.7 Å². The van der Waals surface area contributed by atoms with E-state index in [4.69, 9.17) is 10.5 Å². The highest BCUT2D eigenvalue weighted by Crippen LogP contribution is 2.26. The van der Waals surface area contributed by atoms with Crippen molar-refractivity contribution in [2.24, 2.45) is 5.73 Å². The highest BCUT2D eigenvalue weighted by Gasteiger charge is 2.35. The number of rotatable bonds is 4. The Morgan fingerprint density at radius 3 is 2.79 bits per heavy atom. The van der Waals surface area contributed by atoms with Crippen LogP contribution in [-0.2, 0) is 21.3 Å². The van der Waals surface area contributed by atoms with Crippen molar-refractivity contribution in [2.75, 3.05) is 13.2 Å². The molecule has 0 aliphatic carbocycles. The molecule has 0 amide bonds. The third-order valence-corrected chi connectivity index (χ3v) is 5.74. The van der Waals surface area contributed by atoms with Gasteiger partial charge >= 0.3 is 0 Å². The summed E-state index contributed by atoms with van der Waals surface area (Å²) < 4.78 is 33.3. The van der Waals surface area contributed by atoms with E-state index in [2.05, 4.69) is 20.7 Å². The quantitative estimate of drug-likeness (QED) is 0.860. The second kappa shape index (κ2) is 5.49. The number of nitrogens with two attached hydrogens (primary N) is 1. The van der Waals surface area contributed by atoms with Crippen LogP contribution in [-0.4, -0.2) is 27.2 Å². The lowest BCUT2D eigenvalue weighted by Crippen LogP contribution is -2.46. The molecular formula is C12H17BrN2O3S. The van der Waals surface area contributed by atoms with Crippen LogP contribution in [0.2, 0.25) is 0 Å². The SMILES string of the molecule is CC1(NS(=O)(=O)c2ccc(CN)cc2Br)CCOC1. The summed E-state index contributed by atoms with van der Waals surface area (Å²) in [6.07, 6.45) is 0.671. The molecule has 0 saturated carbocycles. The maximum atomic E-state index is 12.4. The van der Waals surface area contributed by atoms with Crippen molar-refractivity contribution in [3.05, 3.63) is 28.2 Å². The summed E-state index contributed by atoms with van der Waals surface area (Å²) in [7, 11) is -3.58. The Hall–Kier alpha value is -0.470. The Morgan fingerprint density at radius 2 is 2.26 bits per heavy atom. The highest BCUT2D eigenvalue weighted by atomic mass is 79.9. The molecule has 1 unspecified atom stereocenters. The molecule has 0 aromatic heterocycles. The molecule has 1 aromatic carbocycles. The van der Waals surface area contributed by atoms with Gasteiger partial charge in [0.2, 0.25) is 10.0 Å². The van der Waals surface area contributed by atoms with E-state index in [1.165, 1.54) is 0 Å². The van der Waals surface area contributed by atoms with Gasteiger partial charge in [-0.05, 0) is 47.0 Å². The van der Waals surface area contributed by atoms with Gasteiger partial charge in [0.1, 0.15) is 0 Å². The van der Waals surface area contributed by atoms with Gasteiger partial charge in [-0.25, -0.2) is 13.1 Å². The standard InChI is InChI=1S/C12H17BrN2O3S/c1-12(4-5-18-8-12)15-19(16,17)11-3-2-9(7-14)6-10(11)13/h2-3,6,15H,4-5,7-8,14H2,1H3. The van der Waals surface area contributed by atoms with E-state index in [9.17, 15) is 8.42 Å². The summed E-state index contributed by atoms with van der Waals surface area (Å²) in [4.78, 5) is 0.220. The Bertz CT molecular complexity index is 568. The molecule has 106 valence electrons. The molecule has 1 aliphatic heterocycles. The number of sulfonamides is 1. The van der Waals surface area contributed by atoms with Crippen molar-refractivity contribution in [1.82, 2.24) is 4.72 Å². The third kappa shape index (κ3) is 3.35. The summed E-state index contributed by atoms with van der Waals surface area (Å²) in [6.45, 7) is 3.19. The lowest BCUT2D eigenvalue weighted by Gasteiger charge is -2.23. The van der Waals surface area contributed by atoms with Crippen LogP contribution in [0.25, 0.3) is 0 Å². The predicted octanol–water partition coefficient (Wildman–Crippen LogP) is 1.37. The van der Waals surface area contributed by atoms with Gasteiger partial charge in [0, 0.05) is 17.6 Å². The average molecular weight is 349 g/mol. The fraction of sp³-hybridized carbons (Fsp3) is 0.500. The Balaban J connectivity index is 2.29. The van der Waals surface area contributed by atoms with Crippen molar-refractivity contribution in [3.63, 3.8) is 0 Å². The molecule has 5 nitrogen and oxygen atoms in total. The van der Waals surface area contributed by atoms with Gasteiger partial charge < -0.3 is 10.5 Å². The Labute approximate surface area is 121 Å². The number of hydrogen-bond donors (Lipinski definition) is 2. The van der Waals surface area contributed by atoms with Crippen LogP contribution < -0.4 is 10.5 Å². The Morgan fingerprint density at radius 1 is 1.53 bits per heavy atom. The van der Waals surface area contributed by atoms with Crippen molar-refractivity contribution in [3.8, 4) is 0 Å². The highest BCUT2D eigenvalue weighted by molar-refractivity contribution is 9.10. The van der Waals surface area contributed by atoms with E-state index in [1.54, 1.807) is 18.2 Å². The molecule has 0 spiro atoms. The van der Waals surface area contributed by atoms with Crippen LogP contribution in [0.15, 0.2) is 27.6 Å². The number of nitrogens with one attached hydrogen (secondary N) is 1. The molecule has 19 heavy (non-hydrogen) atoms. The number of benzene rings is 1. The largest absolute Gasteiger partial charge is 0.379 e. The maximum absolute atomic E-state index is 12.4. The molecule has 1 aromatic rings. The van der Waals surface area contributed by atoms with Gasteiger partial charge in [-0.3, -0.25) is 0 Å². The molecule has 7 heteroatoms. The zero-order chi connectivity index (χ0) is 14.1. The molecular weight excluding hydrogens is 332 g/mol. The predicted molar refractivity (Wildman–Crippen MR) is 76.2 cm³/mol. The van der Waals surface area contributed by atoms with E-state index in [0.717, 1.165) is 5.56 Å². The summed E-state index contributed by atoms with van der Waals surface area (Å²) in [5, 5.41) is 0. The fourth-order valence-corrected chi connectivity index (χ4v) is 4.56. The van der Waals surface area contributed by atoms with Crippen LogP contribution in [0.5, 0.6) is 0 Å². The first-order valence-corrected chi connectivity index (χ1v) is 8.24. The van der Waals surface area contributed by atoms with Gasteiger partial charge in [0.05, 0.1) is 17.0 Å². The normalized spacial score (nSPS) is 23.7. The van der Waals surface area contributed by atoms with Crippen molar-refractivity contribution >= 4 is 26.0 Å². The molecule has 1 saturated heterocycles. The van der Waals surface area contributed by atoms with Crippen molar-refractivity contribution < 1.29 is 13.2 Å². The number of halogens is 1. The summed E-state index contributed by atoms with van der Waals surface area (Å²) in [5.41, 5.74) is 5.87. The Kier molecular flexibility index (Phi) is 4.32. The van der Waals surface area contributed by atoms with E-state index in [1.807, 2.05) is 6.92 Å². The van der Waals surface area contributed by atoms with E-state index in [-0.39, 0.29) is 4.90 Å². The smallest absolute Gasteiger partial charge is 0.242 e. The second-order valence-electron chi connectivity index (χ2n) is 4.94. The first kappa shape index (κ1) is 14.9. The lowest BCUT2D eigenvalue weighted by molar-refractivity contribution is 0.178. The molecule has 1 atom stereocenters. The molecule has 3 N–H and O–H groups in total. The van der Waals surface area contributed by atoms with E-state index >= 15 is 0 Å². The minimum Gasteiger partial charge on any atom is -0.379 e. The molecule has 2 rings (SSSR count). The van der Waals surface area contributed by atoms with Gasteiger partial charge in [-0.2, -0.15) is 0 Å².